The van der Waals surface area contributed by atoms with Gasteiger partial charge in [-0.25, -0.2) is 8.42 Å². The number of halogens is 3. The second kappa shape index (κ2) is 7.16. The van der Waals surface area contributed by atoms with E-state index in [2.05, 4.69) is 0 Å². The molecule has 1 saturated heterocycles. The third kappa shape index (κ3) is 5.16. The van der Waals surface area contributed by atoms with Crippen molar-refractivity contribution in [2.45, 2.75) is 10.4 Å². The third-order valence-corrected chi connectivity index (χ3v) is 6.55. The van der Waals surface area contributed by atoms with Gasteiger partial charge < -0.3 is 5.32 Å². The van der Waals surface area contributed by atoms with Crippen LogP contribution in [0.1, 0.15) is 0 Å². The summed E-state index contributed by atoms with van der Waals surface area (Å²) in [4.78, 5) is 13.1. The SMILES string of the molecule is O=C(CN1CCN(S(=O)(=O)c2cccs2)CC1)NCC(F)(F)F. The Labute approximate surface area is 135 Å². The molecule has 1 amide bonds. The average Bonchev–Trinajstić information content (AvgIpc) is 3.00. The van der Waals surface area contributed by atoms with E-state index in [0.717, 1.165) is 11.3 Å². The number of rotatable bonds is 5. The number of piperazine rings is 1. The Morgan fingerprint density at radius 1 is 1.26 bits per heavy atom. The Morgan fingerprint density at radius 2 is 1.91 bits per heavy atom. The van der Waals surface area contributed by atoms with Crippen molar-refractivity contribution in [2.24, 2.45) is 0 Å². The number of thiophene rings is 1. The van der Waals surface area contributed by atoms with Crippen molar-refractivity contribution in [2.75, 3.05) is 39.3 Å². The first kappa shape index (κ1) is 18.2. The maximum atomic E-state index is 12.3. The molecule has 0 aliphatic carbocycles. The van der Waals surface area contributed by atoms with Crippen LogP contribution < -0.4 is 5.32 Å². The van der Waals surface area contributed by atoms with Crippen LogP contribution >= 0.6 is 11.3 Å². The van der Waals surface area contributed by atoms with E-state index < -0.39 is 28.7 Å². The molecule has 2 heterocycles. The van der Waals surface area contributed by atoms with Crippen LogP contribution in [0.2, 0.25) is 0 Å². The summed E-state index contributed by atoms with van der Waals surface area (Å²) >= 11 is 1.13. The fourth-order valence-electron chi connectivity index (χ4n) is 2.12. The van der Waals surface area contributed by atoms with Crippen LogP contribution in [0, 0.1) is 0 Å². The summed E-state index contributed by atoms with van der Waals surface area (Å²) in [5, 5.41) is 3.47. The van der Waals surface area contributed by atoms with Gasteiger partial charge in [0.2, 0.25) is 5.91 Å². The molecule has 0 aromatic carbocycles. The zero-order valence-corrected chi connectivity index (χ0v) is 13.7. The molecule has 11 heteroatoms. The second-order valence-corrected chi connectivity index (χ2v) is 8.12. The number of nitrogens with zero attached hydrogens (tertiary/aromatic N) is 2. The molecule has 130 valence electrons. The molecule has 0 saturated carbocycles. The number of carbonyl (C=O) groups is 1. The maximum Gasteiger partial charge on any atom is 0.405 e. The van der Waals surface area contributed by atoms with E-state index in [0.29, 0.717) is 13.1 Å². The number of amides is 1. The molecule has 2 rings (SSSR count). The Kier molecular flexibility index (Phi) is 5.65. The van der Waals surface area contributed by atoms with Gasteiger partial charge in [-0.15, -0.1) is 11.3 Å². The molecular weight excluding hydrogens is 355 g/mol. The molecule has 0 unspecified atom stereocenters. The molecule has 6 nitrogen and oxygen atoms in total. The molecule has 1 aliphatic rings. The highest BCUT2D eigenvalue weighted by atomic mass is 32.2. The van der Waals surface area contributed by atoms with Gasteiger partial charge in [0, 0.05) is 26.2 Å². The molecule has 1 aliphatic heterocycles. The van der Waals surface area contributed by atoms with Crippen molar-refractivity contribution in [3.05, 3.63) is 17.5 Å². The van der Waals surface area contributed by atoms with Gasteiger partial charge >= 0.3 is 6.18 Å². The number of hydrogen-bond donors (Lipinski definition) is 1. The Bertz CT molecular complexity index is 624. The van der Waals surface area contributed by atoms with Crippen molar-refractivity contribution in [3.8, 4) is 0 Å². The summed E-state index contributed by atoms with van der Waals surface area (Å²) in [5.41, 5.74) is 0. The molecule has 0 spiro atoms. The zero-order chi connectivity index (χ0) is 17.1. The minimum atomic E-state index is -4.44. The Morgan fingerprint density at radius 3 is 2.43 bits per heavy atom. The molecule has 0 atom stereocenters. The second-order valence-electron chi connectivity index (χ2n) is 5.00. The lowest BCUT2D eigenvalue weighted by Gasteiger charge is -2.33. The van der Waals surface area contributed by atoms with E-state index in [9.17, 15) is 26.4 Å². The van der Waals surface area contributed by atoms with Gasteiger partial charge in [0.1, 0.15) is 10.8 Å². The predicted octanol–water partition coefficient (Wildman–Crippen LogP) is 0.733. The van der Waals surface area contributed by atoms with Gasteiger partial charge in [0.15, 0.2) is 0 Å². The van der Waals surface area contributed by atoms with Crippen molar-refractivity contribution in [1.82, 2.24) is 14.5 Å². The molecule has 1 fully saturated rings. The lowest BCUT2D eigenvalue weighted by Crippen LogP contribution is -2.51. The first-order valence-electron chi connectivity index (χ1n) is 6.78. The van der Waals surface area contributed by atoms with E-state index in [1.807, 2.05) is 0 Å². The fourth-order valence-corrected chi connectivity index (χ4v) is 4.69. The minimum Gasteiger partial charge on any atom is -0.346 e. The normalized spacial score (nSPS) is 18.0. The lowest BCUT2D eigenvalue weighted by atomic mass is 10.3. The molecule has 1 aromatic heterocycles. The number of hydrogen-bond acceptors (Lipinski definition) is 5. The molecule has 0 bridgehead atoms. The van der Waals surface area contributed by atoms with Crippen molar-refractivity contribution >= 4 is 27.3 Å². The summed E-state index contributed by atoms with van der Waals surface area (Å²) in [6, 6.07) is 3.18. The van der Waals surface area contributed by atoms with E-state index in [1.54, 1.807) is 21.7 Å². The first-order chi connectivity index (χ1) is 10.7. The van der Waals surface area contributed by atoms with Crippen LogP contribution in [0.4, 0.5) is 13.2 Å². The molecule has 1 N–H and O–H groups in total. The van der Waals surface area contributed by atoms with Gasteiger partial charge in [0.25, 0.3) is 10.0 Å². The van der Waals surface area contributed by atoms with Crippen LogP contribution in [-0.4, -0.2) is 69.0 Å². The predicted molar refractivity (Wildman–Crippen MR) is 78.6 cm³/mol. The zero-order valence-electron chi connectivity index (χ0n) is 12.0. The van der Waals surface area contributed by atoms with Crippen LogP contribution in [-0.2, 0) is 14.8 Å². The Balaban J connectivity index is 1.81. The van der Waals surface area contributed by atoms with Crippen LogP contribution in [0.15, 0.2) is 21.7 Å². The molecular formula is C12H16F3N3O3S2. The average molecular weight is 371 g/mol. The molecule has 1 aromatic rings. The summed E-state index contributed by atoms with van der Waals surface area (Å²) in [6.45, 7) is -0.546. The Hall–Kier alpha value is -1.17. The highest BCUT2D eigenvalue weighted by Gasteiger charge is 2.31. The number of alkyl halides is 3. The highest BCUT2D eigenvalue weighted by Crippen LogP contribution is 2.21. The summed E-state index contributed by atoms with van der Waals surface area (Å²) < 4.78 is 62.2. The van der Waals surface area contributed by atoms with Crippen LogP contribution in [0.25, 0.3) is 0 Å². The number of sulfonamides is 1. The van der Waals surface area contributed by atoms with Gasteiger partial charge in [-0.3, -0.25) is 9.69 Å². The molecule has 23 heavy (non-hydrogen) atoms. The topological polar surface area (TPSA) is 69.7 Å². The number of carbonyl (C=O) groups excluding carboxylic acids is 1. The van der Waals surface area contributed by atoms with E-state index in [4.69, 9.17) is 0 Å². The van der Waals surface area contributed by atoms with E-state index >= 15 is 0 Å². The van der Waals surface area contributed by atoms with E-state index in [-0.39, 0.29) is 23.8 Å². The summed E-state index contributed by atoms with van der Waals surface area (Å²) in [7, 11) is -3.52. The monoisotopic (exact) mass is 371 g/mol. The van der Waals surface area contributed by atoms with Crippen molar-refractivity contribution in [3.63, 3.8) is 0 Å². The lowest BCUT2D eigenvalue weighted by molar-refractivity contribution is -0.139. The fraction of sp³-hybridized carbons (Fsp3) is 0.583. The van der Waals surface area contributed by atoms with Crippen LogP contribution in [0.3, 0.4) is 0 Å². The van der Waals surface area contributed by atoms with Crippen LogP contribution in [0.5, 0.6) is 0 Å². The van der Waals surface area contributed by atoms with Crippen molar-refractivity contribution < 1.29 is 26.4 Å². The smallest absolute Gasteiger partial charge is 0.346 e. The third-order valence-electron chi connectivity index (χ3n) is 3.27. The van der Waals surface area contributed by atoms with Gasteiger partial charge in [0.05, 0.1) is 6.54 Å². The van der Waals surface area contributed by atoms with Gasteiger partial charge in [-0.2, -0.15) is 17.5 Å². The van der Waals surface area contributed by atoms with Gasteiger partial charge in [-0.05, 0) is 11.4 Å². The quantitative estimate of drug-likeness (QED) is 0.829. The van der Waals surface area contributed by atoms with Gasteiger partial charge in [-0.1, -0.05) is 6.07 Å². The standard InChI is InChI=1S/C12H16F3N3O3S2/c13-12(14,15)9-16-10(19)8-17-3-5-18(6-4-17)23(20,21)11-2-1-7-22-11/h1-2,7H,3-6,8-9H2,(H,16,19). The summed E-state index contributed by atoms with van der Waals surface area (Å²) in [6.07, 6.45) is -4.44. The minimum absolute atomic E-state index is 0.178. The maximum absolute atomic E-state index is 12.3. The summed E-state index contributed by atoms with van der Waals surface area (Å²) in [5.74, 6) is -0.725. The number of nitrogens with one attached hydrogen (secondary N) is 1. The molecule has 0 radical (unpaired) electrons. The largest absolute Gasteiger partial charge is 0.405 e. The van der Waals surface area contributed by atoms with Crippen molar-refractivity contribution in [1.29, 1.82) is 0 Å². The first-order valence-corrected chi connectivity index (χ1v) is 9.10. The highest BCUT2D eigenvalue weighted by molar-refractivity contribution is 7.91. The van der Waals surface area contributed by atoms with E-state index in [1.165, 1.54) is 10.4 Å².